The number of rotatable bonds is 4. The Balaban J connectivity index is 1.62. The lowest BCUT2D eigenvalue weighted by Crippen LogP contribution is -2.48. The molecule has 6 heteroatoms. The van der Waals surface area contributed by atoms with Gasteiger partial charge in [-0.25, -0.2) is 0 Å². The number of carbonyl (C=O) groups is 2. The Morgan fingerprint density at radius 3 is 2.43 bits per heavy atom. The molecule has 3 rings (SSSR count). The minimum atomic E-state index is -0.195. The molecule has 6 nitrogen and oxygen atoms in total. The summed E-state index contributed by atoms with van der Waals surface area (Å²) in [6.45, 7) is 3.75. The number of nitrogens with zero attached hydrogens (tertiary/aromatic N) is 2. The molecule has 1 saturated heterocycles. The Morgan fingerprint density at radius 1 is 1.14 bits per heavy atom. The van der Waals surface area contributed by atoms with Gasteiger partial charge >= 0.3 is 0 Å². The Morgan fingerprint density at radius 2 is 1.81 bits per heavy atom. The minimum Gasteiger partial charge on any atom is -0.374 e. The van der Waals surface area contributed by atoms with Gasteiger partial charge in [-0.3, -0.25) is 19.4 Å². The molecule has 1 unspecified atom stereocenters. The van der Waals surface area contributed by atoms with Gasteiger partial charge in [-0.05, 0) is 12.1 Å². The number of hydrogen-bond acceptors (Lipinski definition) is 5. The van der Waals surface area contributed by atoms with E-state index < -0.39 is 0 Å². The number of imide groups is 1. The topological polar surface area (TPSA) is 75.9 Å². The van der Waals surface area contributed by atoms with Crippen LogP contribution in [0.5, 0.6) is 0 Å². The van der Waals surface area contributed by atoms with Crippen molar-refractivity contribution in [3.8, 4) is 0 Å². The van der Waals surface area contributed by atoms with E-state index in [1.165, 1.54) is 4.90 Å². The highest BCUT2D eigenvalue weighted by Crippen LogP contribution is 2.22. The molecule has 2 aliphatic heterocycles. The standard InChI is InChI=1S/C15H19N3O3/c16-9-11-10-17(7-8-21-11)5-6-18-14(19)12-3-1-2-4-13(12)15(18)20/h1-4,11H,5-10,16H2. The second kappa shape index (κ2) is 5.93. The summed E-state index contributed by atoms with van der Waals surface area (Å²) in [5, 5.41) is 0. The molecule has 1 atom stereocenters. The fourth-order valence-electron chi connectivity index (χ4n) is 2.81. The average Bonchev–Trinajstić information content (AvgIpc) is 2.78. The molecular formula is C15H19N3O3. The Labute approximate surface area is 123 Å². The predicted molar refractivity (Wildman–Crippen MR) is 77.0 cm³/mol. The highest BCUT2D eigenvalue weighted by atomic mass is 16.5. The van der Waals surface area contributed by atoms with Crippen molar-refractivity contribution >= 4 is 11.8 Å². The van der Waals surface area contributed by atoms with Crippen LogP contribution in [0.2, 0.25) is 0 Å². The molecule has 0 radical (unpaired) electrons. The van der Waals surface area contributed by atoms with Crippen LogP contribution in [-0.2, 0) is 4.74 Å². The summed E-state index contributed by atoms with van der Waals surface area (Å²) in [5.41, 5.74) is 6.62. The third-order valence-corrected chi connectivity index (χ3v) is 4.00. The number of benzene rings is 1. The lowest BCUT2D eigenvalue weighted by molar-refractivity contribution is -0.0243. The molecular weight excluding hydrogens is 270 g/mol. The van der Waals surface area contributed by atoms with Crippen molar-refractivity contribution in [2.24, 2.45) is 5.73 Å². The van der Waals surface area contributed by atoms with Crippen molar-refractivity contribution in [2.75, 3.05) is 39.3 Å². The van der Waals surface area contributed by atoms with Crippen molar-refractivity contribution in [1.82, 2.24) is 9.80 Å². The SMILES string of the molecule is NCC1CN(CCN2C(=O)c3ccccc3C2=O)CCO1. The quantitative estimate of drug-likeness (QED) is 0.786. The Bertz CT molecular complexity index is 526. The summed E-state index contributed by atoms with van der Waals surface area (Å²) in [6.07, 6.45) is 0.0425. The maximum absolute atomic E-state index is 12.2. The molecule has 1 fully saturated rings. The van der Waals surface area contributed by atoms with Crippen LogP contribution in [-0.4, -0.2) is 67.0 Å². The number of nitrogens with two attached hydrogens (primary N) is 1. The lowest BCUT2D eigenvalue weighted by Gasteiger charge is -2.33. The second-order valence-corrected chi connectivity index (χ2v) is 5.34. The molecule has 2 amide bonds. The van der Waals surface area contributed by atoms with Gasteiger partial charge in [0.15, 0.2) is 0 Å². The fourth-order valence-corrected chi connectivity index (χ4v) is 2.81. The molecule has 1 aromatic carbocycles. The maximum atomic E-state index is 12.2. The van der Waals surface area contributed by atoms with E-state index in [1.807, 2.05) is 0 Å². The molecule has 2 N–H and O–H groups in total. The molecule has 0 aliphatic carbocycles. The summed E-state index contributed by atoms with van der Waals surface area (Å²) in [7, 11) is 0. The number of morpholine rings is 1. The summed E-state index contributed by atoms with van der Waals surface area (Å²) in [4.78, 5) is 28.0. The molecule has 0 bridgehead atoms. The van der Waals surface area contributed by atoms with Crippen LogP contribution in [0.3, 0.4) is 0 Å². The van der Waals surface area contributed by atoms with Gasteiger partial charge < -0.3 is 10.5 Å². The summed E-state index contributed by atoms with van der Waals surface area (Å²) < 4.78 is 5.51. The summed E-state index contributed by atoms with van der Waals surface area (Å²) in [6, 6.07) is 6.96. The van der Waals surface area contributed by atoms with Gasteiger partial charge in [0, 0.05) is 32.7 Å². The lowest BCUT2D eigenvalue weighted by atomic mass is 10.1. The van der Waals surface area contributed by atoms with E-state index in [9.17, 15) is 9.59 Å². The minimum absolute atomic E-state index is 0.0425. The van der Waals surface area contributed by atoms with Gasteiger partial charge in [0.2, 0.25) is 0 Å². The molecule has 21 heavy (non-hydrogen) atoms. The smallest absolute Gasteiger partial charge is 0.261 e. The van der Waals surface area contributed by atoms with Gasteiger partial charge in [0.25, 0.3) is 11.8 Å². The molecule has 112 valence electrons. The van der Waals surface area contributed by atoms with Gasteiger partial charge in [0.05, 0.1) is 23.8 Å². The molecule has 0 aromatic heterocycles. The first-order chi connectivity index (χ1) is 10.2. The zero-order chi connectivity index (χ0) is 14.8. The zero-order valence-electron chi connectivity index (χ0n) is 11.8. The first-order valence-electron chi connectivity index (χ1n) is 7.20. The second-order valence-electron chi connectivity index (χ2n) is 5.34. The fraction of sp³-hybridized carbons (Fsp3) is 0.467. The Hall–Kier alpha value is -1.76. The number of hydrogen-bond donors (Lipinski definition) is 1. The number of ether oxygens (including phenoxy) is 1. The van der Waals surface area contributed by atoms with Crippen molar-refractivity contribution < 1.29 is 14.3 Å². The van der Waals surface area contributed by atoms with Crippen molar-refractivity contribution in [1.29, 1.82) is 0 Å². The largest absolute Gasteiger partial charge is 0.374 e. The third-order valence-electron chi connectivity index (χ3n) is 4.00. The van der Waals surface area contributed by atoms with Gasteiger partial charge in [-0.2, -0.15) is 0 Å². The van der Waals surface area contributed by atoms with Crippen LogP contribution in [0.15, 0.2) is 24.3 Å². The van der Waals surface area contributed by atoms with Crippen LogP contribution in [0.1, 0.15) is 20.7 Å². The zero-order valence-corrected chi connectivity index (χ0v) is 11.8. The van der Waals surface area contributed by atoms with Crippen molar-refractivity contribution in [3.05, 3.63) is 35.4 Å². The van der Waals surface area contributed by atoms with Crippen molar-refractivity contribution in [2.45, 2.75) is 6.10 Å². The van der Waals surface area contributed by atoms with E-state index in [0.717, 1.165) is 13.1 Å². The first kappa shape index (κ1) is 14.2. The Kier molecular flexibility index (Phi) is 4.01. The van der Waals surface area contributed by atoms with Crippen LogP contribution in [0, 0.1) is 0 Å². The van der Waals surface area contributed by atoms with Gasteiger partial charge in [-0.15, -0.1) is 0 Å². The van der Waals surface area contributed by atoms with Crippen LogP contribution >= 0.6 is 0 Å². The number of fused-ring (bicyclic) bond motifs is 1. The first-order valence-corrected chi connectivity index (χ1v) is 7.20. The van der Waals surface area contributed by atoms with Crippen LogP contribution in [0.25, 0.3) is 0 Å². The van der Waals surface area contributed by atoms with E-state index in [1.54, 1.807) is 24.3 Å². The van der Waals surface area contributed by atoms with Crippen LogP contribution in [0.4, 0.5) is 0 Å². The highest BCUT2D eigenvalue weighted by molar-refractivity contribution is 6.21. The molecule has 1 aromatic rings. The molecule has 0 saturated carbocycles. The van der Waals surface area contributed by atoms with E-state index >= 15 is 0 Å². The van der Waals surface area contributed by atoms with E-state index in [0.29, 0.717) is 37.4 Å². The van der Waals surface area contributed by atoms with E-state index in [-0.39, 0.29) is 17.9 Å². The monoisotopic (exact) mass is 289 g/mol. The average molecular weight is 289 g/mol. The van der Waals surface area contributed by atoms with E-state index in [4.69, 9.17) is 10.5 Å². The molecule has 2 aliphatic rings. The van der Waals surface area contributed by atoms with Gasteiger partial charge in [-0.1, -0.05) is 12.1 Å². The summed E-state index contributed by atoms with van der Waals surface area (Å²) >= 11 is 0. The third kappa shape index (κ3) is 2.70. The normalized spacial score (nSPS) is 22.7. The van der Waals surface area contributed by atoms with Crippen molar-refractivity contribution in [3.63, 3.8) is 0 Å². The number of carbonyl (C=O) groups excluding carboxylic acids is 2. The molecule has 2 heterocycles. The maximum Gasteiger partial charge on any atom is 0.261 e. The molecule has 0 spiro atoms. The van der Waals surface area contributed by atoms with Crippen LogP contribution < -0.4 is 5.73 Å². The highest BCUT2D eigenvalue weighted by Gasteiger charge is 2.35. The summed E-state index contributed by atoms with van der Waals surface area (Å²) in [5.74, 6) is -0.390. The number of amides is 2. The van der Waals surface area contributed by atoms with E-state index in [2.05, 4.69) is 4.90 Å². The van der Waals surface area contributed by atoms with Gasteiger partial charge in [0.1, 0.15) is 0 Å². The predicted octanol–water partition coefficient (Wildman–Crippen LogP) is -0.0579.